The van der Waals surface area contributed by atoms with Crippen LogP contribution in [0.1, 0.15) is 0 Å². The quantitative estimate of drug-likeness (QED) is 0.348. The molecule has 0 aromatic heterocycles. The second-order valence-corrected chi connectivity index (χ2v) is 2.73. The number of fused-ring (bicyclic) bond motifs is 1. The first-order valence-corrected chi connectivity index (χ1v) is 3.74. The third kappa shape index (κ3) is 1.12. The van der Waals surface area contributed by atoms with Gasteiger partial charge in [0.25, 0.3) is 5.70 Å². The van der Waals surface area contributed by atoms with Crippen LogP contribution in [0.25, 0.3) is 0 Å². The number of nitrogens with zero attached hydrogens (tertiary/aromatic N) is 3. The summed E-state index contributed by atoms with van der Waals surface area (Å²) in [5.41, 5.74) is 0.665. The Balaban J connectivity index is 2.42. The van der Waals surface area contributed by atoms with Crippen LogP contribution in [0.2, 0.25) is 0 Å². The van der Waals surface area contributed by atoms with Crippen molar-refractivity contribution in [3.63, 3.8) is 0 Å². The zero-order valence-corrected chi connectivity index (χ0v) is 6.75. The smallest absolute Gasteiger partial charge is 0.261 e. The van der Waals surface area contributed by atoms with E-state index in [1.165, 1.54) is 5.12 Å². The predicted octanol–water partition coefficient (Wildman–Crippen LogP) is -0.0355. The molecule has 0 bridgehead atoms. The van der Waals surface area contributed by atoms with Crippen LogP contribution in [0.3, 0.4) is 0 Å². The highest BCUT2D eigenvalue weighted by atomic mass is 16.6. The minimum Gasteiger partial charge on any atom is -0.261 e. The minimum atomic E-state index is -0.404. The fraction of sp³-hybridized carbons (Fsp3) is 0.143. The summed E-state index contributed by atoms with van der Waals surface area (Å²) in [6, 6.07) is 0. The average molecular weight is 180 g/mol. The van der Waals surface area contributed by atoms with Crippen LogP contribution in [0.4, 0.5) is 0 Å². The van der Waals surface area contributed by atoms with Crippen LogP contribution in [0.5, 0.6) is 0 Å². The lowest BCUT2D eigenvalue weighted by atomic mass is 10.3. The van der Waals surface area contributed by atoms with Crippen molar-refractivity contribution in [1.82, 2.24) is 10.1 Å². The standard InChI is InChI=1S/C7H8N4O2/c8-10-5-7(11(12)13)6-3-1-2-4-9(6)10/h1-4H,5,8H2. The Hall–Kier alpha value is -1.66. The lowest BCUT2D eigenvalue weighted by Crippen LogP contribution is -2.39. The molecule has 0 aromatic carbocycles. The van der Waals surface area contributed by atoms with Gasteiger partial charge in [-0.25, -0.2) is 5.84 Å². The molecule has 2 aliphatic rings. The molecule has 0 saturated heterocycles. The van der Waals surface area contributed by atoms with Gasteiger partial charge >= 0.3 is 0 Å². The molecular weight excluding hydrogens is 172 g/mol. The molecular formula is C7H8N4O2. The molecule has 2 N–H and O–H groups in total. The minimum absolute atomic E-state index is 0.128. The van der Waals surface area contributed by atoms with Crippen molar-refractivity contribution in [2.24, 2.45) is 5.84 Å². The number of nitro groups is 1. The molecule has 0 amide bonds. The third-order valence-electron chi connectivity index (χ3n) is 1.94. The summed E-state index contributed by atoms with van der Waals surface area (Å²) in [4.78, 5) is 10.2. The Morgan fingerprint density at radius 1 is 1.54 bits per heavy atom. The molecule has 13 heavy (non-hydrogen) atoms. The molecule has 0 fully saturated rings. The topological polar surface area (TPSA) is 75.6 Å². The first-order chi connectivity index (χ1) is 6.20. The molecule has 2 heterocycles. The van der Waals surface area contributed by atoms with Gasteiger partial charge < -0.3 is 0 Å². The fourth-order valence-electron chi connectivity index (χ4n) is 1.35. The summed E-state index contributed by atoms with van der Waals surface area (Å²) in [6.07, 6.45) is 6.87. The van der Waals surface area contributed by atoms with Crippen LogP contribution in [-0.2, 0) is 0 Å². The summed E-state index contributed by atoms with van der Waals surface area (Å²) < 4.78 is 0. The highest BCUT2D eigenvalue weighted by molar-refractivity contribution is 5.32. The van der Waals surface area contributed by atoms with E-state index in [4.69, 9.17) is 5.84 Å². The zero-order valence-electron chi connectivity index (χ0n) is 6.75. The molecule has 6 nitrogen and oxygen atoms in total. The Morgan fingerprint density at radius 3 is 3.00 bits per heavy atom. The molecule has 0 radical (unpaired) electrons. The zero-order chi connectivity index (χ0) is 9.42. The number of hydrogen-bond acceptors (Lipinski definition) is 5. The second kappa shape index (κ2) is 2.68. The lowest BCUT2D eigenvalue weighted by molar-refractivity contribution is -0.426. The van der Waals surface area contributed by atoms with Gasteiger partial charge in [0.2, 0.25) is 0 Å². The van der Waals surface area contributed by atoms with E-state index in [0.717, 1.165) is 0 Å². The Bertz CT molecular complexity index is 344. The predicted molar refractivity (Wildman–Crippen MR) is 45.0 cm³/mol. The van der Waals surface area contributed by atoms with Gasteiger partial charge in [-0.05, 0) is 12.2 Å². The maximum absolute atomic E-state index is 10.6. The van der Waals surface area contributed by atoms with Gasteiger partial charge in [0.1, 0.15) is 12.2 Å². The monoisotopic (exact) mass is 180 g/mol. The van der Waals surface area contributed by atoms with Crippen molar-refractivity contribution in [3.8, 4) is 0 Å². The Labute approximate surface area is 74.3 Å². The van der Waals surface area contributed by atoms with Crippen LogP contribution in [-0.4, -0.2) is 21.6 Å². The van der Waals surface area contributed by atoms with Gasteiger partial charge in [0, 0.05) is 6.20 Å². The molecule has 2 aliphatic heterocycles. The highest BCUT2D eigenvalue weighted by Gasteiger charge is 2.33. The van der Waals surface area contributed by atoms with Crippen LogP contribution < -0.4 is 5.84 Å². The van der Waals surface area contributed by atoms with E-state index in [9.17, 15) is 10.1 Å². The Kier molecular flexibility index (Phi) is 1.64. The molecule has 0 spiro atoms. The van der Waals surface area contributed by atoms with Crippen molar-refractivity contribution in [2.75, 3.05) is 6.54 Å². The first-order valence-electron chi connectivity index (χ1n) is 3.74. The van der Waals surface area contributed by atoms with Gasteiger partial charge in [-0.3, -0.25) is 15.1 Å². The molecule has 2 rings (SSSR count). The van der Waals surface area contributed by atoms with E-state index < -0.39 is 4.92 Å². The van der Waals surface area contributed by atoms with Crippen molar-refractivity contribution < 1.29 is 4.92 Å². The van der Waals surface area contributed by atoms with E-state index in [2.05, 4.69) is 0 Å². The van der Waals surface area contributed by atoms with Gasteiger partial charge in [-0.2, -0.15) is 0 Å². The van der Waals surface area contributed by atoms with Crippen LogP contribution in [0.15, 0.2) is 35.8 Å². The summed E-state index contributed by atoms with van der Waals surface area (Å²) in [7, 11) is 0. The first kappa shape index (κ1) is 7.96. The molecule has 0 unspecified atom stereocenters. The number of allylic oxidation sites excluding steroid dienone is 3. The van der Waals surface area contributed by atoms with E-state index in [0.29, 0.717) is 5.70 Å². The number of nitrogens with two attached hydrogens (primary N) is 1. The van der Waals surface area contributed by atoms with E-state index in [-0.39, 0.29) is 12.2 Å². The third-order valence-corrected chi connectivity index (χ3v) is 1.94. The molecule has 68 valence electrons. The highest BCUT2D eigenvalue weighted by Crippen LogP contribution is 2.24. The maximum atomic E-state index is 10.6. The van der Waals surface area contributed by atoms with Crippen molar-refractivity contribution in [3.05, 3.63) is 45.9 Å². The molecule has 6 heteroatoms. The average Bonchev–Trinajstić information content (AvgIpc) is 2.45. The fourth-order valence-corrected chi connectivity index (χ4v) is 1.35. The SMILES string of the molecule is NN1CC([N+](=O)[O-])=C2C=CC=CN21. The lowest BCUT2D eigenvalue weighted by Gasteiger charge is -2.23. The van der Waals surface area contributed by atoms with Gasteiger partial charge in [-0.1, -0.05) is 6.08 Å². The van der Waals surface area contributed by atoms with Gasteiger partial charge in [-0.15, -0.1) is 5.12 Å². The van der Waals surface area contributed by atoms with Crippen molar-refractivity contribution in [1.29, 1.82) is 0 Å². The van der Waals surface area contributed by atoms with Crippen LogP contribution in [0, 0.1) is 10.1 Å². The molecule has 0 atom stereocenters. The number of rotatable bonds is 1. The van der Waals surface area contributed by atoms with Crippen LogP contribution >= 0.6 is 0 Å². The Morgan fingerprint density at radius 2 is 2.31 bits per heavy atom. The summed E-state index contributed by atoms with van der Waals surface area (Å²) in [5.74, 6) is 5.55. The van der Waals surface area contributed by atoms with Crippen molar-refractivity contribution in [2.45, 2.75) is 0 Å². The van der Waals surface area contributed by atoms with E-state index in [1.54, 1.807) is 29.4 Å². The number of hydrogen-bond donors (Lipinski definition) is 1. The van der Waals surface area contributed by atoms with Gasteiger partial charge in [0.05, 0.1) is 4.92 Å². The van der Waals surface area contributed by atoms with E-state index in [1.807, 2.05) is 0 Å². The summed E-state index contributed by atoms with van der Waals surface area (Å²) in [6.45, 7) is 0.136. The molecule has 0 saturated carbocycles. The normalized spacial score (nSPS) is 21.2. The summed E-state index contributed by atoms with van der Waals surface area (Å²) in [5, 5.41) is 13.4. The largest absolute Gasteiger partial charge is 0.288 e. The molecule has 0 aliphatic carbocycles. The van der Waals surface area contributed by atoms with Crippen molar-refractivity contribution >= 4 is 0 Å². The maximum Gasteiger partial charge on any atom is 0.288 e. The number of hydrazine groups is 2. The molecule has 0 aromatic rings. The summed E-state index contributed by atoms with van der Waals surface area (Å²) >= 11 is 0. The van der Waals surface area contributed by atoms with Gasteiger partial charge in [0.15, 0.2) is 0 Å². The van der Waals surface area contributed by atoms with E-state index >= 15 is 0 Å². The second-order valence-electron chi connectivity index (χ2n) is 2.73.